The van der Waals surface area contributed by atoms with Crippen LogP contribution >= 0.6 is 11.6 Å². The van der Waals surface area contributed by atoms with Crippen LogP contribution in [-0.4, -0.2) is 31.9 Å². The van der Waals surface area contributed by atoms with Gasteiger partial charge in [0.1, 0.15) is 0 Å². The van der Waals surface area contributed by atoms with Gasteiger partial charge in [-0.1, -0.05) is 24.1 Å². The molecule has 1 atom stereocenters. The van der Waals surface area contributed by atoms with Crippen molar-refractivity contribution in [1.82, 2.24) is 4.31 Å². The molecule has 1 aromatic carbocycles. The van der Waals surface area contributed by atoms with Gasteiger partial charge in [-0.3, -0.25) is 0 Å². The van der Waals surface area contributed by atoms with Crippen LogP contribution in [0.3, 0.4) is 0 Å². The van der Waals surface area contributed by atoms with E-state index in [2.05, 4.69) is 0 Å². The zero-order chi connectivity index (χ0) is 13.9. The molecule has 1 unspecified atom stereocenters. The maximum absolute atomic E-state index is 12.7. The van der Waals surface area contributed by atoms with Crippen molar-refractivity contribution >= 4 is 21.6 Å². The van der Waals surface area contributed by atoms with Crippen LogP contribution in [0.25, 0.3) is 0 Å². The second-order valence-electron chi connectivity index (χ2n) is 4.80. The Balaban J connectivity index is 2.31. The molecule has 1 aromatic rings. The number of benzene rings is 1. The zero-order valence-corrected chi connectivity index (χ0v) is 12.3. The summed E-state index contributed by atoms with van der Waals surface area (Å²) in [5, 5.41) is 0.438. The number of piperidine rings is 1. The van der Waals surface area contributed by atoms with Crippen LogP contribution in [0, 0.1) is 0 Å². The van der Waals surface area contributed by atoms with Crippen LogP contribution in [0.2, 0.25) is 5.02 Å². The minimum atomic E-state index is -3.46. The van der Waals surface area contributed by atoms with E-state index in [1.807, 2.05) is 0 Å². The lowest BCUT2D eigenvalue weighted by molar-refractivity contribution is 0.243. The van der Waals surface area contributed by atoms with Gasteiger partial charge in [0.05, 0.1) is 4.90 Å². The minimum absolute atomic E-state index is 0.0164. The second kappa shape index (κ2) is 6.22. The first-order valence-electron chi connectivity index (χ1n) is 6.53. The molecule has 1 heterocycles. The van der Waals surface area contributed by atoms with E-state index < -0.39 is 10.0 Å². The molecule has 1 aliphatic heterocycles. The second-order valence-corrected chi connectivity index (χ2v) is 7.13. The molecule has 0 spiro atoms. The Morgan fingerprint density at radius 3 is 2.84 bits per heavy atom. The SMILES string of the molecule is NCCC1CCCCN1S(=O)(=O)c1cccc(Cl)c1. The Kier molecular flexibility index (Phi) is 4.84. The maximum Gasteiger partial charge on any atom is 0.243 e. The molecule has 6 heteroatoms. The smallest absolute Gasteiger partial charge is 0.243 e. The summed E-state index contributed by atoms with van der Waals surface area (Å²) >= 11 is 5.88. The van der Waals surface area contributed by atoms with E-state index in [0.29, 0.717) is 24.5 Å². The number of hydrogen-bond donors (Lipinski definition) is 1. The molecule has 19 heavy (non-hydrogen) atoms. The Hall–Kier alpha value is -0.620. The molecule has 1 fully saturated rings. The molecule has 106 valence electrons. The van der Waals surface area contributed by atoms with Crippen molar-refractivity contribution < 1.29 is 8.42 Å². The van der Waals surface area contributed by atoms with Gasteiger partial charge in [-0.15, -0.1) is 0 Å². The van der Waals surface area contributed by atoms with Crippen molar-refractivity contribution in [2.45, 2.75) is 36.6 Å². The summed E-state index contributed by atoms with van der Waals surface area (Å²) < 4.78 is 26.9. The van der Waals surface area contributed by atoms with Gasteiger partial charge in [0.15, 0.2) is 0 Å². The van der Waals surface area contributed by atoms with E-state index in [-0.39, 0.29) is 10.9 Å². The Morgan fingerprint density at radius 1 is 1.37 bits per heavy atom. The summed E-state index contributed by atoms with van der Waals surface area (Å²) in [7, 11) is -3.46. The van der Waals surface area contributed by atoms with Crippen molar-refractivity contribution in [2.24, 2.45) is 5.73 Å². The van der Waals surface area contributed by atoms with Gasteiger partial charge >= 0.3 is 0 Å². The molecule has 0 radical (unpaired) electrons. The lowest BCUT2D eigenvalue weighted by Crippen LogP contribution is -2.44. The van der Waals surface area contributed by atoms with Crippen LogP contribution in [-0.2, 0) is 10.0 Å². The summed E-state index contributed by atoms with van der Waals surface area (Å²) in [4.78, 5) is 0.268. The summed E-state index contributed by atoms with van der Waals surface area (Å²) in [6.07, 6.45) is 3.56. The molecule has 4 nitrogen and oxygen atoms in total. The predicted octanol–water partition coefficient (Wildman–Crippen LogP) is 2.23. The van der Waals surface area contributed by atoms with Gasteiger partial charge < -0.3 is 5.73 Å². The van der Waals surface area contributed by atoms with Crippen LogP contribution in [0.5, 0.6) is 0 Å². The average molecular weight is 303 g/mol. The van der Waals surface area contributed by atoms with Gasteiger partial charge in [0.2, 0.25) is 10.0 Å². The monoisotopic (exact) mass is 302 g/mol. The van der Waals surface area contributed by atoms with Crippen molar-refractivity contribution in [3.05, 3.63) is 29.3 Å². The first-order valence-corrected chi connectivity index (χ1v) is 8.35. The summed E-state index contributed by atoms with van der Waals surface area (Å²) in [5.74, 6) is 0. The fourth-order valence-corrected chi connectivity index (χ4v) is 4.56. The highest BCUT2D eigenvalue weighted by atomic mass is 35.5. The fourth-order valence-electron chi connectivity index (χ4n) is 2.53. The van der Waals surface area contributed by atoms with Crippen molar-refractivity contribution in [1.29, 1.82) is 0 Å². The Morgan fingerprint density at radius 2 is 2.16 bits per heavy atom. The molecular formula is C13H19ClN2O2S. The molecule has 1 saturated heterocycles. The van der Waals surface area contributed by atoms with Crippen LogP contribution in [0.1, 0.15) is 25.7 Å². The highest BCUT2D eigenvalue weighted by Crippen LogP contribution is 2.27. The van der Waals surface area contributed by atoms with E-state index in [1.165, 1.54) is 6.07 Å². The topological polar surface area (TPSA) is 63.4 Å². The molecule has 0 aliphatic carbocycles. The van der Waals surface area contributed by atoms with E-state index in [9.17, 15) is 8.42 Å². The zero-order valence-electron chi connectivity index (χ0n) is 10.8. The quantitative estimate of drug-likeness (QED) is 0.927. The lowest BCUT2D eigenvalue weighted by atomic mass is 10.0. The standard InChI is InChI=1S/C13H19ClN2O2S/c14-11-4-3-6-13(10-11)19(17,18)16-9-2-1-5-12(16)7-8-15/h3-4,6,10,12H,1-2,5,7-9,15H2. The predicted molar refractivity (Wildman–Crippen MR) is 76.7 cm³/mol. The van der Waals surface area contributed by atoms with E-state index in [4.69, 9.17) is 17.3 Å². The number of hydrogen-bond acceptors (Lipinski definition) is 3. The van der Waals surface area contributed by atoms with Crippen LogP contribution in [0.15, 0.2) is 29.2 Å². The van der Waals surface area contributed by atoms with Crippen molar-refractivity contribution in [2.75, 3.05) is 13.1 Å². The molecular weight excluding hydrogens is 284 g/mol. The minimum Gasteiger partial charge on any atom is -0.330 e. The third kappa shape index (κ3) is 3.28. The number of nitrogens with two attached hydrogens (primary N) is 1. The summed E-state index contributed by atoms with van der Waals surface area (Å²) in [6, 6.07) is 6.45. The van der Waals surface area contributed by atoms with Crippen LogP contribution in [0.4, 0.5) is 0 Å². The lowest BCUT2D eigenvalue weighted by Gasteiger charge is -2.34. The first kappa shape index (κ1) is 14.8. The number of rotatable bonds is 4. The first-order chi connectivity index (χ1) is 9.05. The molecule has 0 saturated carbocycles. The Labute approximate surface area is 119 Å². The summed E-state index contributed by atoms with van der Waals surface area (Å²) in [6.45, 7) is 1.08. The number of sulfonamides is 1. The van der Waals surface area contributed by atoms with E-state index in [0.717, 1.165) is 19.3 Å². The van der Waals surface area contributed by atoms with Gasteiger partial charge in [-0.05, 0) is 44.0 Å². The van der Waals surface area contributed by atoms with E-state index >= 15 is 0 Å². The van der Waals surface area contributed by atoms with Crippen LogP contribution < -0.4 is 5.73 Å². The maximum atomic E-state index is 12.7. The number of halogens is 1. The molecule has 0 aromatic heterocycles. The Bertz CT molecular complexity index is 531. The van der Waals surface area contributed by atoms with Crippen molar-refractivity contribution in [3.63, 3.8) is 0 Å². The molecule has 2 rings (SSSR count). The largest absolute Gasteiger partial charge is 0.330 e. The van der Waals surface area contributed by atoms with Gasteiger partial charge in [-0.2, -0.15) is 4.31 Å². The fraction of sp³-hybridized carbons (Fsp3) is 0.538. The third-order valence-corrected chi connectivity index (χ3v) is 5.66. The molecule has 0 bridgehead atoms. The normalized spacial score (nSPS) is 21.5. The van der Waals surface area contributed by atoms with Gasteiger partial charge in [0.25, 0.3) is 0 Å². The highest BCUT2D eigenvalue weighted by molar-refractivity contribution is 7.89. The third-order valence-electron chi connectivity index (χ3n) is 3.48. The van der Waals surface area contributed by atoms with E-state index in [1.54, 1.807) is 22.5 Å². The molecule has 2 N–H and O–H groups in total. The summed E-state index contributed by atoms with van der Waals surface area (Å²) in [5.41, 5.74) is 5.59. The van der Waals surface area contributed by atoms with Crippen molar-refractivity contribution in [3.8, 4) is 0 Å². The number of nitrogens with zero attached hydrogens (tertiary/aromatic N) is 1. The average Bonchev–Trinajstić information content (AvgIpc) is 2.39. The van der Waals surface area contributed by atoms with Gasteiger partial charge in [-0.25, -0.2) is 8.42 Å². The molecule has 1 aliphatic rings. The highest BCUT2D eigenvalue weighted by Gasteiger charge is 2.32. The van der Waals surface area contributed by atoms with Gasteiger partial charge in [0, 0.05) is 17.6 Å². The molecule has 0 amide bonds.